The van der Waals surface area contributed by atoms with Crippen molar-refractivity contribution in [1.82, 2.24) is 9.97 Å². The summed E-state index contributed by atoms with van der Waals surface area (Å²) in [4.78, 5) is 8.87. The minimum absolute atomic E-state index is 0.0600. The Hall–Kier alpha value is -1.81. The Balaban J connectivity index is 2.34. The molecule has 0 saturated carbocycles. The summed E-state index contributed by atoms with van der Waals surface area (Å²) in [6, 6.07) is 5.93. The van der Waals surface area contributed by atoms with Crippen molar-refractivity contribution in [3.05, 3.63) is 40.2 Å². The van der Waals surface area contributed by atoms with Crippen LogP contribution in [0.15, 0.2) is 18.2 Å². The summed E-state index contributed by atoms with van der Waals surface area (Å²) in [5, 5.41) is 7.37. The first-order valence-electron chi connectivity index (χ1n) is 7.32. The number of anilines is 3. The van der Waals surface area contributed by atoms with Crippen molar-refractivity contribution in [2.75, 3.05) is 10.6 Å². The van der Waals surface area contributed by atoms with Gasteiger partial charge in [-0.1, -0.05) is 17.7 Å². The molecule has 2 N–H and O–H groups in total. The van der Waals surface area contributed by atoms with Crippen LogP contribution < -0.4 is 10.6 Å². The van der Waals surface area contributed by atoms with Crippen molar-refractivity contribution < 1.29 is 0 Å². The van der Waals surface area contributed by atoms with Gasteiger partial charge in [0.05, 0.1) is 10.7 Å². The summed E-state index contributed by atoms with van der Waals surface area (Å²) in [6.45, 7) is 12.2. The van der Waals surface area contributed by atoms with E-state index in [9.17, 15) is 0 Å². The molecule has 0 amide bonds. The van der Waals surface area contributed by atoms with E-state index < -0.39 is 0 Å². The minimum atomic E-state index is -0.0600. The number of rotatable bonds is 3. The molecule has 0 atom stereocenters. The normalized spacial score (nSPS) is 11.4. The lowest BCUT2D eigenvalue weighted by Crippen LogP contribution is -2.27. The summed E-state index contributed by atoms with van der Waals surface area (Å²) in [6.07, 6.45) is 0. The predicted molar refractivity (Wildman–Crippen MR) is 94.4 cm³/mol. The molecule has 1 aromatic carbocycles. The Morgan fingerprint density at radius 1 is 0.955 bits per heavy atom. The lowest BCUT2D eigenvalue weighted by molar-refractivity contribution is 0.629. The maximum Gasteiger partial charge on any atom is 0.136 e. The molecule has 0 bridgehead atoms. The Kier molecular flexibility index (Phi) is 4.61. The standard InChI is InChI=1S/C17H23ClN4/c1-10-7-11(2)16(13(18)8-10)21-14-9-15(20-12(3)19-14)22-17(4,5)6/h7-9H,1-6H3,(H2,19,20,21,22). The summed E-state index contributed by atoms with van der Waals surface area (Å²) in [5.41, 5.74) is 3.05. The Labute approximate surface area is 137 Å². The van der Waals surface area contributed by atoms with E-state index in [0.29, 0.717) is 10.8 Å². The molecule has 1 aromatic heterocycles. The zero-order chi connectivity index (χ0) is 16.5. The van der Waals surface area contributed by atoms with E-state index in [1.54, 1.807) is 0 Å². The number of aromatic nitrogens is 2. The van der Waals surface area contributed by atoms with E-state index in [-0.39, 0.29) is 5.54 Å². The number of nitrogens with one attached hydrogen (secondary N) is 2. The van der Waals surface area contributed by atoms with Gasteiger partial charge < -0.3 is 10.6 Å². The molecule has 0 aliphatic rings. The van der Waals surface area contributed by atoms with Crippen LogP contribution in [0.25, 0.3) is 0 Å². The molecule has 5 heteroatoms. The molecule has 2 rings (SSSR count). The number of halogens is 1. The van der Waals surface area contributed by atoms with Gasteiger partial charge in [-0.15, -0.1) is 0 Å². The second-order valence-electron chi connectivity index (χ2n) is 6.62. The second kappa shape index (κ2) is 6.13. The van der Waals surface area contributed by atoms with Gasteiger partial charge >= 0.3 is 0 Å². The van der Waals surface area contributed by atoms with Gasteiger partial charge in [0.25, 0.3) is 0 Å². The van der Waals surface area contributed by atoms with Crippen LogP contribution in [-0.4, -0.2) is 15.5 Å². The fourth-order valence-corrected chi connectivity index (χ4v) is 2.65. The lowest BCUT2D eigenvalue weighted by atomic mass is 10.1. The fourth-order valence-electron chi connectivity index (χ4n) is 2.28. The van der Waals surface area contributed by atoms with E-state index in [1.165, 1.54) is 0 Å². The number of hydrogen-bond donors (Lipinski definition) is 2. The molecule has 22 heavy (non-hydrogen) atoms. The quantitative estimate of drug-likeness (QED) is 0.835. The van der Waals surface area contributed by atoms with Gasteiger partial charge in [0.1, 0.15) is 17.5 Å². The molecule has 0 radical (unpaired) electrons. The third-order valence-corrected chi connectivity index (χ3v) is 3.32. The van der Waals surface area contributed by atoms with Gasteiger partial charge in [-0.25, -0.2) is 9.97 Å². The lowest BCUT2D eigenvalue weighted by Gasteiger charge is -2.22. The molecular formula is C17H23ClN4. The Bertz CT molecular complexity index is 667. The summed E-state index contributed by atoms with van der Waals surface area (Å²) in [7, 11) is 0. The van der Waals surface area contributed by atoms with Crippen molar-refractivity contribution in [3.8, 4) is 0 Å². The van der Waals surface area contributed by atoms with Crippen LogP contribution >= 0.6 is 11.6 Å². The van der Waals surface area contributed by atoms with Crippen LogP contribution in [0.1, 0.15) is 37.7 Å². The van der Waals surface area contributed by atoms with E-state index >= 15 is 0 Å². The minimum Gasteiger partial charge on any atom is -0.365 e. The molecule has 0 fully saturated rings. The van der Waals surface area contributed by atoms with Gasteiger partial charge in [-0.3, -0.25) is 0 Å². The number of nitrogens with zero attached hydrogens (tertiary/aromatic N) is 2. The van der Waals surface area contributed by atoms with Crippen molar-refractivity contribution in [3.63, 3.8) is 0 Å². The summed E-state index contributed by atoms with van der Waals surface area (Å²) < 4.78 is 0. The second-order valence-corrected chi connectivity index (χ2v) is 7.03. The van der Waals surface area contributed by atoms with Gasteiger partial charge in [0.2, 0.25) is 0 Å². The fraction of sp³-hybridized carbons (Fsp3) is 0.412. The predicted octanol–water partition coefficient (Wildman–Crippen LogP) is 5.01. The summed E-state index contributed by atoms with van der Waals surface area (Å²) in [5.74, 6) is 2.23. The molecule has 0 aliphatic heterocycles. The largest absolute Gasteiger partial charge is 0.365 e. The zero-order valence-electron chi connectivity index (χ0n) is 14.0. The SMILES string of the molecule is Cc1cc(C)c(Nc2cc(NC(C)(C)C)nc(C)n2)c(Cl)c1. The maximum atomic E-state index is 6.35. The first-order valence-corrected chi connectivity index (χ1v) is 7.69. The highest BCUT2D eigenvalue weighted by molar-refractivity contribution is 6.33. The van der Waals surface area contributed by atoms with Crippen molar-refractivity contribution >= 4 is 28.9 Å². The third kappa shape index (κ3) is 4.34. The van der Waals surface area contributed by atoms with E-state index in [2.05, 4.69) is 47.4 Å². The Morgan fingerprint density at radius 2 is 1.59 bits per heavy atom. The maximum absolute atomic E-state index is 6.35. The van der Waals surface area contributed by atoms with E-state index in [0.717, 1.165) is 28.5 Å². The molecule has 4 nitrogen and oxygen atoms in total. The average molecular weight is 319 g/mol. The average Bonchev–Trinajstić information content (AvgIpc) is 2.30. The highest BCUT2D eigenvalue weighted by Gasteiger charge is 2.13. The van der Waals surface area contributed by atoms with Crippen LogP contribution in [0.3, 0.4) is 0 Å². The number of benzene rings is 1. The third-order valence-electron chi connectivity index (χ3n) is 3.03. The van der Waals surface area contributed by atoms with Crippen molar-refractivity contribution in [2.45, 2.75) is 47.1 Å². The highest BCUT2D eigenvalue weighted by Crippen LogP contribution is 2.30. The molecule has 0 saturated heterocycles. The van der Waals surface area contributed by atoms with E-state index in [4.69, 9.17) is 11.6 Å². The van der Waals surface area contributed by atoms with Crippen LogP contribution in [-0.2, 0) is 0 Å². The first-order chi connectivity index (χ1) is 10.1. The molecule has 0 unspecified atom stereocenters. The van der Waals surface area contributed by atoms with Gasteiger partial charge in [0, 0.05) is 11.6 Å². The van der Waals surface area contributed by atoms with Crippen molar-refractivity contribution in [2.24, 2.45) is 0 Å². The molecular weight excluding hydrogens is 296 g/mol. The van der Waals surface area contributed by atoms with Crippen LogP contribution in [0.2, 0.25) is 5.02 Å². The van der Waals surface area contributed by atoms with Crippen LogP contribution in [0.4, 0.5) is 17.3 Å². The molecule has 0 spiro atoms. The van der Waals surface area contributed by atoms with Gasteiger partial charge in [-0.2, -0.15) is 0 Å². The van der Waals surface area contributed by atoms with E-state index in [1.807, 2.05) is 32.9 Å². The molecule has 118 valence electrons. The first kappa shape index (κ1) is 16.6. The molecule has 1 heterocycles. The monoisotopic (exact) mass is 318 g/mol. The smallest absolute Gasteiger partial charge is 0.136 e. The van der Waals surface area contributed by atoms with Gasteiger partial charge in [0.15, 0.2) is 0 Å². The van der Waals surface area contributed by atoms with Crippen LogP contribution in [0, 0.1) is 20.8 Å². The number of aryl methyl sites for hydroxylation is 3. The van der Waals surface area contributed by atoms with Crippen molar-refractivity contribution in [1.29, 1.82) is 0 Å². The topological polar surface area (TPSA) is 49.8 Å². The summed E-state index contributed by atoms with van der Waals surface area (Å²) >= 11 is 6.35. The Morgan fingerprint density at radius 3 is 2.18 bits per heavy atom. The zero-order valence-corrected chi connectivity index (χ0v) is 14.8. The molecule has 0 aliphatic carbocycles. The number of hydrogen-bond acceptors (Lipinski definition) is 4. The molecule has 2 aromatic rings. The highest BCUT2D eigenvalue weighted by atomic mass is 35.5. The van der Waals surface area contributed by atoms with Crippen LogP contribution in [0.5, 0.6) is 0 Å². The van der Waals surface area contributed by atoms with Gasteiger partial charge in [-0.05, 0) is 58.7 Å².